The highest BCUT2D eigenvalue weighted by Crippen LogP contribution is 2.26. The SMILES string of the molecule is CCCn1c(SCC(=O)Nc2ccc(F)c(F)c2)nc2cc(S(N)(=O)=O)ccc21. The van der Waals surface area contributed by atoms with Gasteiger partial charge >= 0.3 is 0 Å². The fourth-order valence-electron chi connectivity index (χ4n) is 2.72. The third-order valence-corrected chi connectivity index (χ3v) is 5.88. The Morgan fingerprint density at radius 2 is 1.97 bits per heavy atom. The number of carbonyl (C=O) groups excluding carboxylic acids is 1. The first-order valence-electron chi connectivity index (χ1n) is 8.60. The molecule has 0 saturated carbocycles. The number of amides is 1. The number of nitrogens with one attached hydrogen (secondary N) is 1. The molecular weight excluding hydrogens is 422 g/mol. The second-order valence-electron chi connectivity index (χ2n) is 6.21. The molecule has 0 fully saturated rings. The van der Waals surface area contributed by atoms with Gasteiger partial charge in [-0.05, 0) is 36.8 Å². The molecule has 11 heteroatoms. The fraction of sp³-hybridized carbons (Fsp3) is 0.222. The van der Waals surface area contributed by atoms with Gasteiger partial charge in [-0.1, -0.05) is 18.7 Å². The van der Waals surface area contributed by atoms with E-state index in [9.17, 15) is 22.0 Å². The molecule has 0 spiro atoms. The summed E-state index contributed by atoms with van der Waals surface area (Å²) in [4.78, 5) is 16.6. The normalized spacial score (nSPS) is 11.7. The van der Waals surface area contributed by atoms with Crippen molar-refractivity contribution >= 4 is 44.4 Å². The summed E-state index contributed by atoms with van der Waals surface area (Å²) in [6, 6.07) is 7.53. The van der Waals surface area contributed by atoms with E-state index in [0.29, 0.717) is 17.2 Å². The number of fused-ring (bicyclic) bond motifs is 1. The Morgan fingerprint density at radius 3 is 2.62 bits per heavy atom. The molecule has 0 unspecified atom stereocenters. The third-order valence-electron chi connectivity index (χ3n) is 4.00. The lowest BCUT2D eigenvalue weighted by atomic mass is 10.3. The maximum absolute atomic E-state index is 13.3. The van der Waals surface area contributed by atoms with Gasteiger partial charge in [-0.2, -0.15) is 0 Å². The van der Waals surface area contributed by atoms with Crippen LogP contribution in [0.1, 0.15) is 13.3 Å². The zero-order valence-electron chi connectivity index (χ0n) is 15.4. The number of thioether (sulfide) groups is 1. The van der Waals surface area contributed by atoms with Crippen molar-refractivity contribution in [3.8, 4) is 0 Å². The number of halogens is 2. The molecule has 0 atom stereocenters. The summed E-state index contributed by atoms with van der Waals surface area (Å²) in [5, 5.41) is 8.20. The summed E-state index contributed by atoms with van der Waals surface area (Å²) in [6.45, 7) is 2.60. The van der Waals surface area contributed by atoms with Crippen LogP contribution in [-0.4, -0.2) is 29.6 Å². The number of rotatable bonds is 7. The quantitative estimate of drug-likeness (QED) is 0.549. The van der Waals surface area contributed by atoms with Gasteiger partial charge in [-0.25, -0.2) is 27.3 Å². The van der Waals surface area contributed by atoms with E-state index in [4.69, 9.17) is 5.14 Å². The number of hydrogen-bond donors (Lipinski definition) is 2. The number of primary sulfonamides is 1. The molecule has 3 aromatic rings. The number of aromatic nitrogens is 2. The van der Waals surface area contributed by atoms with E-state index >= 15 is 0 Å². The predicted molar refractivity (Wildman–Crippen MR) is 107 cm³/mol. The van der Waals surface area contributed by atoms with E-state index in [1.54, 1.807) is 6.07 Å². The Bertz CT molecular complexity index is 1180. The first-order chi connectivity index (χ1) is 13.7. The molecule has 7 nitrogen and oxygen atoms in total. The lowest BCUT2D eigenvalue weighted by Gasteiger charge is -2.08. The van der Waals surface area contributed by atoms with Crippen molar-refractivity contribution in [3.63, 3.8) is 0 Å². The van der Waals surface area contributed by atoms with Crippen LogP contribution < -0.4 is 10.5 Å². The minimum Gasteiger partial charge on any atom is -0.325 e. The maximum Gasteiger partial charge on any atom is 0.238 e. The molecule has 29 heavy (non-hydrogen) atoms. The number of benzene rings is 2. The smallest absolute Gasteiger partial charge is 0.238 e. The zero-order chi connectivity index (χ0) is 21.2. The average molecular weight is 440 g/mol. The molecule has 1 aromatic heterocycles. The van der Waals surface area contributed by atoms with Crippen LogP contribution in [0.4, 0.5) is 14.5 Å². The van der Waals surface area contributed by atoms with Crippen molar-refractivity contribution in [1.82, 2.24) is 9.55 Å². The molecule has 1 amide bonds. The summed E-state index contributed by atoms with van der Waals surface area (Å²) in [6.07, 6.45) is 0.803. The highest BCUT2D eigenvalue weighted by atomic mass is 32.2. The molecule has 1 heterocycles. The van der Waals surface area contributed by atoms with Gasteiger partial charge in [-0.15, -0.1) is 0 Å². The molecule has 0 aliphatic heterocycles. The Balaban J connectivity index is 1.80. The van der Waals surface area contributed by atoms with Gasteiger partial charge in [0.15, 0.2) is 16.8 Å². The maximum atomic E-state index is 13.3. The largest absolute Gasteiger partial charge is 0.325 e. The van der Waals surface area contributed by atoms with Gasteiger partial charge < -0.3 is 9.88 Å². The van der Waals surface area contributed by atoms with Crippen molar-refractivity contribution < 1.29 is 22.0 Å². The van der Waals surface area contributed by atoms with Gasteiger partial charge in [0.1, 0.15) is 0 Å². The molecule has 3 rings (SSSR count). The number of imidazole rings is 1. The van der Waals surface area contributed by atoms with E-state index in [1.165, 1.54) is 18.2 Å². The monoisotopic (exact) mass is 440 g/mol. The number of nitrogens with zero attached hydrogens (tertiary/aromatic N) is 2. The molecule has 0 radical (unpaired) electrons. The number of sulfonamides is 1. The Labute approximate surface area is 170 Å². The first kappa shape index (κ1) is 21.2. The highest BCUT2D eigenvalue weighted by Gasteiger charge is 2.16. The van der Waals surface area contributed by atoms with E-state index in [1.807, 2.05) is 11.5 Å². The molecule has 154 valence electrons. The van der Waals surface area contributed by atoms with Gasteiger partial charge in [0.2, 0.25) is 15.9 Å². The van der Waals surface area contributed by atoms with Crippen LogP contribution >= 0.6 is 11.8 Å². The van der Waals surface area contributed by atoms with Crippen molar-refractivity contribution in [2.45, 2.75) is 29.9 Å². The molecule has 0 aliphatic carbocycles. The summed E-state index contributed by atoms with van der Waals surface area (Å²) < 4.78 is 51.2. The van der Waals surface area contributed by atoms with Crippen LogP contribution in [0.5, 0.6) is 0 Å². The Hall–Kier alpha value is -2.50. The van der Waals surface area contributed by atoms with Crippen molar-refractivity contribution in [2.24, 2.45) is 5.14 Å². The molecular formula is C18H18F2N4O3S2. The van der Waals surface area contributed by atoms with Crippen LogP contribution in [0.25, 0.3) is 11.0 Å². The molecule has 0 saturated heterocycles. The van der Waals surface area contributed by atoms with E-state index in [0.717, 1.165) is 35.8 Å². The number of anilines is 1. The lowest BCUT2D eigenvalue weighted by Crippen LogP contribution is -2.15. The molecule has 0 aliphatic rings. The predicted octanol–water partition coefficient (Wildman–Crippen LogP) is 3.10. The van der Waals surface area contributed by atoms with Gasteiger partial charge in [-0.3, -0.25) is 4.79 Å². The standard InChI is InChI=1S/C18H18F2N4O3S2/c1-2-7-24-16-6-4-12(29(21,26)27)9-15(16)23-18(24)28-10-17(25)22-11-3-5-13(19)14(20)8-11/h3-6,8-9H,2,7,10H2,1H3,(H,22,25)(H2,21,26,27). The molecule has 0 bridgehead atoms. The van der Waals surface area contributed by atoms with E-state index in [-0.39, 0.29) is 16.3 Å². The number of carbonyl (C=O) groups is 1. The van der Waals surface area contributed by atoms with Gasteiger partial charge in [0, 0.05) is 18.3 Å². The Morgan fingerprint density at radius 1 is 1.21 bits per heavy atom. The van der Waals surface area contributed by atoms with E-state index in [2.05, 4.69) is 10.3 Å². The lowest BCUT2D eigenvalue weighted by molar-refractivity contribution is -0.113. The topological polar surface area (TPSA) is 107 Å². The first-order valence-corrected chi connectivity index (χ1v) is 11.1. The minimum atomic E-state index is -3.85. The second kappa shape index (κ2) is 8.47. The number of hydrogen-bond acceptors (Lipinski definition) is 5. The minimum absolute atomic E-state index is 0.0198. The van der Waals surface area contributed by atoms with Gasteiger partial charge in [0.05, 0.1) is 21.7 Å². The summed E-state index contributed by atoms with van der Waals surface area (Å²) in [5.74, 6) is -2.48. The highest BCUT2D eigenvalue weighted by molar-refractivity contribution is 7.99. The molecule has 2 aromatic carbocycles. The van der Waals surface area contributed by atoms with Crippen LogP contribution in [-0.2, 0) is 21.4 Å². The van der Waals surface area contributed by atoms with Crippen LogP contribution in [0.15, 0.2) is 46.5 Å². The van der Waals surface area contributed by atoms with Gasteiger partial charge in [0.25, 0.3) is 0 Å². The van der Waals surface area contributed by atoms with Crippen LogP contribution in [0.2, 0.25) is 0 Å². The second-order valence-corrected chi connectivity index (χ2v) is 8.71. The summed E-state index contributed by atoms with van der Waals surface area (Å²) in [7, 11) is -3.85. The summed E-state index contributed by atoms with van der Waals surface area (Å²) >= 11 is 1.15. The Kier molecular flexibility index (Phi) is 6.20. The number of nitrogens with two attached hydrogens (primary N) is 1. The average Bonchev–Trinajstić information content (AvgIpc) is 3.00. The fourth-order valence-corrected chi connectivity index (χ4v) is 4.09. The van der Waals surface area contributed by atoms with Crippen molar-refractivity contribution in [1.29, 1.82) is 0 Å². The van der Waals surface area contributed by atoms with Crippen LogP contribution in [0.3, 0.4) is 0 Å². The van der Waals surface area contributed by atoms with Crippen LogP contribution in [0, 0.1) is 11.6 Å². The number of aryl methyl sites for hydroxylation is 1. The van der Waals surface area contributed by atoms with Crippen molar-refractivity contribution in [3.05, 3.63) is 48.0 Å². The third kappa shape index (κ3) is 4.92. The summed E-state index contributed by atoms with van der Waals surface area (Å²) in [5.41, 5.74) is 1.32. The zero-order valence-corrected chi connectivity index (χ0v) is 17.0. The van der Waals surface area contributed by atoms with E-state index < -0.39 is 27.6 Å². The molecule has 3 N–H and O–H groups in total. The van der Waals surface area contributed by atoms with Crippen molar-refractivity contribution in [2.75, 3.05) is 11.1 Å².